The van der Waals surface area contributed by atoms with Crippen LogP contribution in [0.3, 0.4) is 0 Å². The average molecular weight is 405 g/mol. The summed E-state index contributed by atoms with van der Waals surface area (Å²) in [4.78, 5) is 35.1. The minimum Gasteiger partial charge on any atom is -0.319 e. The summed E-state index contributed by atoms with van der Waals surface area (Å²) in [6, 6.07) is 14.3. The van der Waals surface area contributed by atoms with Crippen molar-refractivity contribution in [2.45, 2.75) is 53.5 Å². The zero-order valence-electron chi connectivity index (χ0n) is 18.2. The molecule has 0 fully saturated rings. The molecule has 4 rings (SSSR count). The first-order valence-electron chi connectivity index (χ1n) is 10.4. The van der Waals surface area contributed by atoms with Gasteiger partial charge in [0.1, 0.15) is 0 Å². The number of hydrogen-bond acceptors (Lipinski definition) is 4. The molecule has 2 aliphatic rings. The predicted octanol–water partition coefficient (Wildman–Crippen LogP) is 4.42. The number of hydrogen-bond donors (Lipinski definition) is 1. The molecule has 0 spiro atoms. The van der Waals surface area contributed by atoms with Crippen LogP contribution in [0.15, 0.2) is 52.1 Å². The summed E-state index contributed by atoms with van der Waals surface area (Å²) in [5, 5.41) is 0. The number of H-pyrrole nitrogens is 1. The fourth-order valence-corrected chi connectivity index (χ4v) is 3.60. The number of aromatic amines is 1. The molecule has 2 aromatic rings. The normalized spacial score (nSPS) is 11.9. The van der Waals surface area contributed by atoms with Gasteiger partial charge in [-0.25, -0.2) is 9.78 Å². The molecule has 0 saturated carbocycles. The van der Waals surface area contributed by atoms with Crippen LogP contribution in [0.4, 0.5) is 0 Å². The highest BCUT2D eigenvalue weighted by atomic mass is 16.2. The lowest BCUT2D eigenvalue weighted by Gasteiger charge is -2.23. The smallest absolute Gasteiger partial charge is 0.319 e. The number of fused-ring (bicyclic) bond motifs is 2. The summed E-state index contributed by atoms with van der Waals surface area (Å²) >= 11 is 0. The van der Waals surface area contributed by atoms with E-state index in [9.17, 15) is 9.59 Å². The Hall–Kier alpha value is -3.28. The quantitative estimate of drug-likeness (QED) is 0.511. The van der Waals surface area contributed by atoms with Crippen molar-refractivity contribution in [3.8, 4) is 11.5 Å². The number of nitrogens with one attached hydrogen (secondary N) is 1. The van der Waals surface area contributed by atoms with Crippen molar-refractivity contribution < 1.29 is 0 Å². The monoisotopic (exact) mass is 404 g/mol. The third-order valence-electron chi connectivity index (χ3n) is 5.30. The van der Waals surface area contributed by atoms with E-state index in [-0.39, 0.29) is 11.7 Å². The van der Waals surface area contributed by atoms with Gasteiger partial charge in [0.25, 0.3) is 5.56 Å². The largest absolute Gasteiger partial charge is 0.349 e. The highest BCUT2D eigenvalue weighted by Gasteiger charge is 2.22. The van der Waals surface area contributed by atoms with Crippen LogP contribution < -0.4 is 11.2 Å². The van der Waals surface area contributed by atoms with Crippen molar-refractivity contribution in [1.29, 1.82) is 0 Å². The van der Waals surface area contributed by atoms with E-state index in [0.717, 1.165) is 35.0 Å². The Balaban J connectivity index is 0.00000124. The Labute approximate surface area is 176 Å². The Morgan fingerprint density at radius 2 is 1.67 bits per heavy atom. The standard InChI is InChI=1S/C22H22N4O2.C2H6/c1-13-11-17-18(12-14(13)2)26(15(3)9-10-16-7-5-4-6-8-16)20-19(23-17)21(27)25-22(28)24-20;1-2/h4-8,11-12,15H,9-10H2,1-3H3,(H,25,27,28);1-2H3. The third kappa shape index (κ3) is 4.17. The van der Waals surface area contributed by atoms with E-state index in [1.807, 2.05) is 56.5 Å². The number of rotatable bonds is 4. The van der Waals surface area contributed by atoms with Gasteiger partial charge in [-0.15, -0.1) is 0 Å². The van der Waals surface area contributed by atoms with Crippen LogP contribution in [-0.4, -0.2) is 19.5 Å². The van der Waals surface area contributed by atoms with E-state index in [4.69, 9.17) is 0 Å². The van der Waals surface area contributed by atoms with Gasteiger partial charge in [0.2, 0.25) is 0 Å². The van der Waals surface area contributed by atoms with Crippen LogP contribution in [0.5, 0.6) is 0 Å². The summed E-state index contributed by atoms with van der Waals surface area (Å²) in [7, 11) is 0. The first kappa shape index (κ1) is 21.4. The van der Waals surface area contributed by atoms with Gasteiger partial charge < -0.3 is 4.57 Å². The SMILES string of the molecule is CC.Cc1cc2nc3c(=O)[nH]c(=O)nc-3n(C(C)CCc3ccccc3)c2cc1C. The first-order chi connectivity index (χ1) is 14.4. The van der Waals surface area contributed by atoms with Gasteiger partial charge in [0.15, 0.2) is 11.5 Å². The maximum absolute atomic E-state index is 12.4. The van der Waals surface area contributed by atoms with E-state index in [1.165, 1.54) is 5.56 Å². The molecule has 0 aliphatic carbocycles. The Morgan fingerprint density at radius 1 is 1.00 bits per heavy atom. The van der Waals surface area contributed by atoms with Crippen LogP contribution in [-0.2, 0) is 6.42 Å². The van der Waals surface area contributed by atoms with Crippen molar-refractivity contribution in [2.24, 2.45) is 0 Å². The lowest BCUT2D eigenvalue weighted by Crippen LogP contribution is -2.29. The molecule has 0 radical (unpaired) electrons. The molecule has 2 aliphatic heterocycles. The van der Waals surface area contributed by atoms with Gasteiger partial charge in [0.05, 0.1) is 11.0 Å². The Kier molecular flexibility index (Phi) is 6.45. The summed E-state index contributed by atoms with van der Waals surface area (Å²) in [5.74, 6) is 0.338. The topological polar surface area (TPSA) is 80.6 Å². The lowest BCUT2D eigenvalue weighted by molar-refractivity contribution is 0.516. The Bertz CT molecular complexity index is 1240. The van der Waals surface area contributed by atoms with E-state index in [0.29, 0.717) is 5.82 Å². The fourth-order valence-electron chi connectivity index (χ4n) is 3.60. The summed E-state index contributed by atoms with van der Waals surface area (Å²) in [6.45, 7) is 10.2. The molecule has 0 saturated heterocycles. The van der Waals surface area contributed by atoms with Crippen molar-refractivity contribution in [2.75, 3.05) is 0 Å². The maximum atomic E-state index is 12.4. The minimum absolute atomic E-state index is 0.0315. The lowest BCUT2D eigenvalue weighted by atomic mass is 10.0. The molecule has 6 nitrogen and oxygen atoms in total. The molecule has 2 aromatic carbocycles. The molecule has 0 aromatic heterocycles. The van der Waals surface area contributed by atoms with Crippen molar-refractivity contribution >= 4 is 11.0 Å². The van der Waals surface area contributed by atoms with E-state index >= 15 is 0 Å². The minimum atomic E-state index is -0.647. The highest BCUT2D eigenvalue weighted by molar-refractivity contribution is 5.81. The van der Waals surface area contributed by atoms with E-state index in [2.05, 4.69) is 40.1 Å². The summed E-state index contributed by atoms with van der Waals surface area (Å²) < 4.78 is 1.99. The van der Waals surface area contributed by atoms with Gasteiger partial charge in [0, 0.05) is 6.04 Å². The van der Waals surface area contributed by atoms with Crippen LogP contribution in [0.25, 0.3) is 22.6 Å². The maximum Gasteiger partial charge on any atom is 0.349 e. The molecule has 2 heterocycles. The summed E-state index contributed by atoms with van der Waals surface area (Å²) in [6.07, 6.45) is 1.73. The van der Waals surface area contributed by atoms with Crippen LogP contribution in [0, 0.1) is 13.8 Å². The number of nitrogens with zero attached hydrogens (tertiary/aromatic N) is 3. The number of aryl methyl sites for hydroxylation is 3. The van der Waals surface area contributed by atoms with Crippen LogP contribution in [0.2, 0.25) is 0 Å². The van der Waals surface area contributed by atoms with Gasteiger partial charge >= 0.3 is 5.69 Å². The first-order valence-corrected chi connectivity index (χ1v) is 10.4. The molecule has 0 amide bonds. The molecule has 0 bridgehead atoms. The van der Waals surface area contributed by atoms with Crippen molar-refractivity contribution in [1.82, 2.24) is 19.5 Å². The average Bonchev–Trinajstić information content (AvgIpc) is 2.74. The highest BCUT2D eigenvalue weighted by Crippen LogP contribution is 2.29. The van der Waals surface area contributed by atoms with Crippen LogP contribution >= 0.6 is 0 Å². The molecule has 156 valence electrons. The second-order valence-corrected chi connectivity index (χ2v) is 7.32. The summed E-state index contributed by atoms with van der Waals surface area (Å²) in [5.41, 5.74) is 4.15. The number of aromatic nitrogens is 4. The van der Waals surface area contributed by atoms with Crippen molar-refractivity contribution in [3.63, 3.8) is 0 Å². The van der Waals surface area contributed by atoms with E-state index < -0.39 is 11.2 Å². The van der Waals surface area contributed by atoms with Gasteiger partial charge in [-0.2, -0.15) is 4.98 Å². The number of benzene rings is 2. The second-order valence-electron chi connectivity index (χ2n) is 7.32. The molecule has 30 heavy (non-hydrogen) atoms. The zero-order valence-corrected chi connectivity index (χ0v) is 18.2. The Morgan fingerprint density at radius 3 is 2.37 bits per heavy atom. The van der Waals surface area contributed by atoms with Gasteiger partial charge in [-0.3, -0.25) is 9.78 Å². The second kappa shape index (κ2) is 9.03. The molecular weight excluding hydrogens is 376 g/mol. The molecule has 1 N–H and O–H groups in total. The van der Waals surface area contributed by atoms with Crippen LogP contribution in [0.1, 0.15) is 49.9 Å². The molecular formula is C24H28N4O2. The molecule has 1 atom stereocenters. The molecule has 1 unspecified atom stereocenters. The fraction of sp³-hybridized carbons (Fsp3) is 0.333. The predicted molar refractivity (Wildman–Crippen MR) is 121 cm³/mol. The van der Waals surface area contributed by atoms with E-state index in [1.54, 1.807) is 0 Å². The van der Waals surface area contributed by atoms with Gasteiger partial charge in [-0.05, 0) is 62.4 Å². The third-order valence-corrected chi connectivity index (χ3v) is 5.30. The molecule has 6 heteroatoms. The van der Waals surface area contributed by atoms with Gasteiger partial charge in [-0.1, -0.05) is 44.2 Å². The van der Waals surface area contributed by atoms with Crippen molar-refractivity contribution in [3.05, 3.63) is 80.0 Å². The zero-order chi connectivity index (χ0) is 21.8.